The van der Waals surface area contributed by atoms with Gasteiger partial charge in [0.1, 0.15) is 11.8 Å². The summed E-state index contributed by atoms with van der Waals surface area (Å²) in [6.07, 6.45) is 2.20. The molecule has 1 unspecified atom stereocenters. The van der Waals surface area contributed by atoms with Gasteiger partial charge in [0.05, 0.1) is 17.7 Å². The van der Waals surface area contributed by atoms with Crippen LogP contribution in [0.5, 0.6) is 0 Å². The number of aromatic nitrogens is 1. The van der Waals surface area contributed by atoms with Crippen LogP contribution in [0.25, 0.3) is 0 Å². The molecule has 1 aliphatic heterocycles. The number of nitrogens with zero attached hydrogens (tertiary/aromatic N) is 5. The molecule has 0 aromatic carbocycles. The van der Waals surface area contributed by atoms with Crippen molar-refractivity contribution in [1.29, 1.82) is 10.5 Å². The molecule has 0 N–H and O–H groups in total. The third-order valence-corrected chi connectivity index (χ3v) is 3.69. The van der Waals surface area contributed by atoms with Gasteiger partial charge in [-0.05, 0) is 18.6 Å². The zero-order chi connectivity index (χ0) is 15.2. The van der Waals surface area contributed by atoms with Crippen LogP contribution in [0.2, 0.25) is 0 Å². The topological polar surface area (TPSA) is 84.0 Å². The van der Waals surface area contributed by atoms with E-state index in [2.05, 4.69) is 16.0 Å². The van der Waals surface area contributed by atoms with E-state index < -0.39 is 0 Å². The maximum Gasteiger partial charge on any atom is 0.272 e. The Morgan fingerprint density at radius 3 is 2.52 bits per heavy atom. The first-order chi connectivity index (χ1) is 10.2. The van der Waals surface area contributed by atoms with Gasteiger partial charge in [-0.3, -0.25) is 9.69 Å². The van der Waals surface area contributed by atoms with Crippen LogP contribution in [0, 0.1) is 22.7 Å². The van der Waals surface area contributed by atoms with Gasteiger partial charge in [-0.25, -0.2) is 4.98 Å². The van der Waals surface area contributed by atoms with Gasteiger partial charge in [-0.15, -0.1) is 0 Å². The van der Waals surface area contributed by atoms with E-state index in [4.69, 9.17) is 10.5 Å². The summed E-state index contributed by atoms with van der Waals surface area (Å²) in [6, 6.07) is 7.37. The van der Waals surface area contributed by atoms with E-state index in [0.717, 1.165) is 6.42 Å². The molecule has 2 heterocycles. The minimum atomic E-state index is -0.121. The van der Waals surface area contributed by atoms with Crippen molar-refractivity contribution in [2.45, 2.75) is 19.4 Å². The lowest BCUT2D eigenvalue weighted by Gasteiger charge is -2.36. The second-order valence-electron chi connectivity index (χ2n) is 4.93. The van der Waals surface area contributed by atoms with E-state index in [0.29, 0.717) is 37.4 Å². The smallest absolute Gasteiger partial charge is 0.272 e. The number of hydrogen-bond donors (Lipinski definition) is 0. The molecule has 0 aliphatic carbocycles. The van der Waals surface area contributed by atoms with Crippen LogP contribution in [0.4, 0.5) is 0 Å². The number of hydrogen-bond acceptors (Lipinski definition) is 5. The van der Waals surface area contributed by atoms with Crippen LogP contribution in [0.15, 0.2) is 18.3 Å². The molecule has 1 amide bonds. The van der Waals surface area contributed by atoms with E-state index in [1.54, 1.807) is 17.0 Å². The van der Waals surface area contributed by atoms with Gasteiger partial charge in [-0.1, -0.05) is 6.92 Å². The first-order valence-electron chi connectivity index (χ1n) is 6.98. The molecule has 6 nitrogen and oxygen atoms in total. The van der Waals surface area contributed by atoms with Crippen molar-refractivity contribution in [3.05, 3.63) is 29.6 Å². The maximum absolute atomic E-state index is 12.3. The third-order valence-electron chi connectivity index (χ3n) is 3.69. The molecule has 6 heteroatoms. The average molecular weight is 283 g/mol. The predicted octanol–water partition coefficient (Wildman–Crippen LogP) is 1.01. The lowest BCUT2D eigenvalue weighted by atomic mass is 10.1. The molecule has 1 aromatic rings. The Bertz CT molecular complexity index is 576. The minimum Gasteiger partial charge on any atom is -0.335 e. The summed E-state index contributed by atoms with van der Waals surface area (Å²) < 4.78 is 0. The number of carbonyl (C=O) groups is 1. The standard InChI is InChI=1S/C15H17N5O/c1-2-13(10-17)19-5-7-20(8-6-19)15(21)14-4-3-12(9-16)11-18-14/h3-4,11,13H,2,5-8H2,1H3. The van der Waals surface area contributed by atoms with Crippen LogP contribution in [0.3, 0.4) is 0 Å². The molecule has 21 heavy (non-hydrogen) atoms. The maximum atomic E-state index is 12.3. The highest BCUT2D eigenvalue weighted by atomic mass is 16.2. The zero-order valence-corrected chi connectivity index (χ0v) is 12.0. The Hall–Kier alpha value is -2.44. The molecule has 0 saturated carbocycles. The Labute approximate surface area is 124 Å². The normalized spacial score (nSPS) is 16.8. The van der Waals surface area contributed by atoms with Crippen LogP contribution >= 0.6 is 0 Å². The lowest BCUT2D eigenvalue weighted by molar-refractivity contribution is 0.0599. The second kappa shape index (κ2) is 6.83. The summed E-state index contributed by atoms with van der Waals surface area (Å²) in [5.41, 5.74) is 0.797. The van der Waals surface area contributed by atoms with Crippen molar-refractivity contribution in [1.82, 2.24) is 14.8 Å². The van der Waals surface area contributed by atoms with E-state index >= 15 is 0 Å². The van der Waals surface area contributed by atoms with Gasteiger partial charge in [-0.2, -0.15) is 10.5 Å². The molecule has 0 bridgehead atoms. The summed E-state index contributed by atoms with van der Waals surface area (Å²) in [7, 11) is 0. The van der Waals surface area contributed by atoms with Gasteiger partial charge in [0.15, 0.2) is 0 Å². The van der Waals surface area contributed by atoms with Gasteiger partial charge in [0, 0.05) is 32.4 Å². The SMILES string of the molecule is CCC(C#N)N1CCN(C(=O)c2ccc(C#N)cn2)CC1. The Morgan fingerprint density at radius 2 is 2.05 bits per heavy atom. The number of nitriles is 2. The molecule has 1 atom stereocenters. The summed E-state index contributed by atoms with van der Waals surface area (Å²) in [5, 5.41) is 17.8. The van der Waals surface area contributed by atoms with Gasteiger partial charge in [0.2, 0.25) is 0 Å². The lowest BCUT2D eigenvalue weighted by Crippen LogP contribution is -2.51. The van der Waals surface area contributed by atoms with Crippen molar-refractivity contribution >= 4 is 5.91 Å². The molecule has 108 valence electrons. The number of rotatable bonds is 3. The highest BCUT2D eigenvalue weighted by molar-refractivity contribution is 5.92. The second-order valence-corrected chi connectivity index (χ2v) is 4.93. The fourth-order valence-corrected chi connectivity index (χ4v) is 2.42. The van der Waals surface area contributed by atoms with Crippen LogP contribution < -0.4 is 0 Å². The molecule has 1 aliphatic rings. The first kappa shape index (κ1) is 15.0. The quantitative estimate of drug-likeness (QED) is 0.826. The fraction of sp³-hybridized carbons (Fsp3) is 0.467. The average Bonchev–Trinajstić information content (AvgIpc) is 2.56. The number of amides is 1. The van der Waals surface area contributed by atoms with E-state index in [-0.39, 0.29) is 11.9 Å². The summed E-state index contributed by atoms with van der Waals surface area (Å²) >= 11 is 0. The third kappa shape index (κ3) is 3.36. The molecular weight excluding hydrogens is 266 g/mol. The van der Waals surface area contributed by atoms with Gasteiger partial charge in [0.25, 0.3) is 5.91 Å². The predicted molar refractivity (Wildman–Crippen MR) is 76.1 cm³/mol. The largest absolute Gasteiger partial charge is 0.335 e. The number of piperazine rings is 1. The van der Waals surface area contributed by atoms with Crippen molar-refractivity contribution in [3.8, 4) is 12.1 Å². The first-order valence-corrected chi connectivity index (χ1v) is 6.98. The number of pyridine rings is 1. The van der Waals surface area contributed by atoms with Crippen molar-refractivity contribution in [2.24, 2.45) is 0 Å². The van der Waals surface area contributed by atoms with Gasteiger partial charge < -0.3 is 4.90 Å². The number of carbonyl (C=O) groups excluding carboxylic acids is 1. The highest BCUT2D eigenvalue weighted by Crippen LogP contribution is 2.11. The molecular formula is C15H17N5O. The monoisotopic (exact) mass is 283 g/mol. The Kier molecular flexibility index (Phi) is 4.86. The highest BCUT2D eigenvalue weighted by Gasteiger charge is 2.26. The van der Waals surface area contributed by atoms with E-state index in [1.807, 2.05) is 13.0 Å². The van der Waals surface area contributed by atoms with Crippen molar-refractivity contribution < 1.29 is 4.79 Å². The summed E-state index contributed by atoms with van der Waals surface area (Å²) in [5.74, 6) is -0.121. The molecule has 0 radical (unpaired) electrons. The Balaban J connectivity index is 1.97. The molecule has 0 spiro atoms. The molecule has 1 aromatic heterocycles. The van der Waals surface area contributed by atoms with Crippen molar-refractivity contribution in [3.63, 3.8) is 0 Å². The van der Waals surface area contributed by atoms with Crippen LogP contribution in [-0.2, 0) is 0 Å². The van der Waals surface area contributed by atoms with E-state index in [9.17, 15) is 4.79 Å². The minimum absolute atomic E-state index is 0.0738. The van der Waals surface area contributed by atoms with E-state index in [1.165, 1.54) is 6.20 Å². The van der Waals surface area contributed by atoms with Gasteiger partial charge >= 0.3 is 0 Å². The summed E-state index contributed by atoms with van der Waals surface area (Å²) in [4.78, 5) is 20.2. The fourth-order valence-electron chi connectivity index (χ4n) is 2.42. The zero-order valence-electron chi connectivity index (χ0n) is 12.0. The Morgan fingerprint density at radius 1 is 1.33 bits per heavy atom. The van der Waals surface area contributed by atoms with Crippen LogP contribution in [-0.4, -0.2) is 52.9 Å². The molecule has 1 saturated heterocycles. The van der Waals surface area contributed by atoms with Crippen LogP contribution in [0.1, 0.15) is 29.4 Å². The molecule has 1 fully saturated rings. The summed E-state index contributed by atoms with van der Waals surface area (Å²) in [6.45, 7) is 4.59. The molecule has 2 rings (SSSR count). The van der Waals surface area contributed by atoms with Crippen molar-refractivity contribution in [2.75, 3.05) is 26.2 Å².